The molecule has 0 aromatic carbocycles. The van der Waals surface area contributed by atoms with E-state index in [0.29, 0.717) is 30.7 Å². The Morgan fingerprint density at radius 1 is 1.40 bits per heavy atom. The van der Waals surface area contributed by atoms with Crippen molar-refractivity contribution in [3.05, 3.63) is 28.0 Å². The maximum Gasteiger partial charge on any atom is 0.158 e. The van der Waals surface area contributed by atoms with Crippen molar-refractivity contribution in [1.29, 1.82) is 0 Å². The van der Waals surface area contributed by atoms with Crippen LogP contribution in [-0.4, -0.2) is 21.6 Å². The monoisotopic (exact) mass is 293 g/mol. The number of hydrogen-bond donors (Lipinski definition) is 2. The fourth-order valence-corrected chi connectivity index (χ4v) is 2.51. The van der Waals surface area contributed by atoms with Crippen molar-refractivity contribution < 1.29 is 4.74 Å². The molecule has 0 saturated carbocycles. The predicted molar refractivity (Wildman–Crippen MR) is 80.7 cm³/mol. The van der Waals surface area contributed by atoms with Crippen molar-refractivity contribution in [2.75, 3.05) is 17.7 Å². The van der Waals surface area contributed by atoms with Gasteiger partial charge in [0, 0.05) is 23.7 Å². The lowest BCUT2D eigenvalue weighted by atomic mass is 10.3. The zero-order valence-electron chi connectivity index (χ0n) is 11.9. The van der Waals surface area contributed by atoms with E-state index in [9.17, 15) is 0 Å². The SMILES string of the molecule is CCOCc1nc(N)cc(NC(C)c2nc(C)cs2)n1. The van der Waals surface area contributed by atoms with Gasteiger partial charge in [0.1, 0.15) is 23.3 Å². The van der Waals surface area contributed by atoms with Crippen LogP contribution in [0.1, 0.15) is 36.4 Å². The average molecular weight is 293 g/mol. The van der Waals surface area contributed by atoms with E-state index in [4.69, 9.17) is 10.5 Å². The van der Waals surface area contributed by atoms with E-state index in [0.717, 1.165) is 10.7 Å². The highest BCUT2D eigenvalue weighted by Gasteiger charge is 2.11. The molecule has 0 aliphatic heterocycles. The molecule has 2 aromatic rings. The smallest absolute Gasteiger partial charge is 0.158 e. The van der Waals surface area contributed by atoms with Crippen molar-refractivity contribution >= 4 is 23.0 Å². The fraction of sp³-hybridized carbons (Fsp3) is 0.462. The molecule has 0 spiro atoms. The summed E-state index contributed by atoms with van der Waals surface area (Å²) in [6, 6.07) is 1.79. The summed E-state index contributed by atoms with van der Waals surface area (Å²) < 4.78 is 5.30. The van der Waals surface area contributed by atoms with Crippen LogP contribution in [0.4, 0.5) is 11.6 Å². The van der Waals surface area contributed by atoms with Crippen molar-refractivity contribution in [1.82, 2.24) is 15.0 Å². The lowest BCUT2D eigenvalue weighted by Gasteiger charge is -2.13. The number of rotatable bonds is 6. The Balaban J connectivity index is 2.10. The molecule has 2 aromatic heterocycles. The Morgan fingerprint density at radius 3 is 2.85 bits per heavy atom. The molecule has 7 heteroatoms. The Kier molecular flexibility index (Phi) is 4.86. The van der Waals surface area contributed by atoms with Crippen LogP contribution in [0.25, 0.3) is 0 Å². The van der Waals surface area contributed by atoms with E-state index >= 15 is 0 Å². The van der Waals surface area contributed by atoms with Gasteiger partial charge in [-0.05, 0) is 20.8 Å². The summed E-state index contributed by atoms with van der Waals surface area (Å²) in [6.45, 7) is 6.93. The van der Waals surface area contributed by atoms with Gasteiger partial charge in [0.05, 0.1) is 6.04 Å². The van der Waals surface area contributed by atoms with Crippen LogP contribution in [0.5, 0.6) is 0 Å². The maximum atomic E-state index is 5.79. The lowest BCUT2D eigenvalue weighted by Crippen LogP contribution is -2.11. The Bertz CT molecular complexity index is 572. The van der Waals surface area contributed by atoms with Gasteiger partial charge in [-0.15, -0.1) is 11.3 Å². The van der Waals surface area contributed by atoms with E-state index in [1.54, 1.807) is 17.4 Å². The third-order valence-corrected chi connectivity index (χ3v) is 3.74. The first-order valence-corrected chi connectivity index (χ1v) is 7.36. The molecular formula is C13H19N5OS. The quantitative estimate of drug-likeness (QED) is 0.851. The van der Waals surface area contributed by atoms with Gasteiger partial charge in [0.15, 0.2) is 5.82 Å². The third-order valence-electron chi connectivity index (χ3n) is 2.60. The number of anilines is 2. The summed E-state index contributed by atoms with van der Waals surface area (Å²) in [5, 5.41) is 6.34. The third kappa shape index (κ3) is 3.88. The maximum absolute atomic E-state index is 5.79. The summed E-state index contributed by atoms with van der Waals surface area (Å²) in [6.07, 6.45) is 0. The first-order chi connectivity index (χ1) is 9.58. The van der Waals surface area contributed by atoms with Gasteiger partial charge in [-0.2, -0.15) is 0 Å². The zero-order valence-corrected chi connectivity index (χ0v) is 12.7. The molecule has 6 nitrogen and oxygen atoms in total. The van der Waals surface area contributed by atoms with Gasteiger partial charge in [0.2, 0.25) is 0 Å². The number of aryl methyl sites for hydroxylation is 1. The number of nitrogen functional groups attached to an aromatic ring is 1. The first-order valence-electron chi connectivity index (χ1n) is 6.48. The standard InChI is InChI=1S/C13H19N5OS/c1-4-19-6-12-17-10(14)5-11(18-12)16-9(3)13-15-8(2)7-20-13/h5,7,9H,4,6H2,1-3H3,(H3,14,16,17,18). The highest BCUT2D eigenvalue weighted by atomic mass is 32.1. The highest BCUT2D eigenvalue weighted by Crippen LogP contribution is 2.22. The lowest BCUT2D eigenvalue weighted by molar-refractivity contribution is 0.128. The molecule has 0 saturated heterocycles. The molecule has 0 aliphatic rings. The normalized spacial score (nSPS) is 12.3. The number of hydrogen-bond acceptors (Lipinski definition) is 7. The number of thiazole rings is 1. The van der Waals surface area contributed by atoms with Crippen LogP contribution in [-0.2, 0) is 11.3 Å². The molecule has 1 unspecified atom stereocenters. The van der Waals surface area contributed by atoms with E-state index in [2.05, 4.69) is 20.3 Å². The molecule has 0 fully saturated rings. The van der Waals surface area contributed by atoms with Crippen LogP contribution < -0.4 is 11.1 Å². The molecule has 20 heavy (non-hydrogen) atoms. The van der Waals surface area contributed by atoms with E-state index in [1.165, 1.54) is 0 Å². The van der Waals surface area contributed by atoms with E-state index in [1.807, 2.05) is 26.2 Å². The molecule has 0 radical (unpaired) electrons. The minimum Gasteiger partial charge on any atom is -0.384 e. The van der Waals surface area contributed by atoms with Gasteiger partial charge in [-0.1, -0.05) is 0 Å². The second kappa shape index (κ2) is 6.62. The molecule has 0 bridgehead atoms. The molecule has 1 atom stereocenters. The van der Waals surface area contributed by atoms with Crippen LogP contribution in [0, 0.1) is 6.92 Å². The van der Waals surface area contributed by atoms with Crippen molar-refractivity contribution in [3.63, 3.8) is 0 Å². The van der Waals surface area contributed by atoms with E-state index < -0.39 is 0 Å². The summed E-state index contributed by atoms with van der Waals surface area (Å²) in [4.78, 5) is 13.0. The Morgan fingerprint density at radius 2 is 2.20 bits per heavy atom. The highest BCUT2D eigenvalue weighted by molar-refractivity contribution is 7.09. The molecule has 2 heterocycles. The topological polar surface area (TPSA) is 86.0 Å². The summed E-state index contributed by atoms with van der Waals surface area (Å²) in [7, 11) is 0. The largest absolute Gasteiger partial charge is 0.384 e. The second-order valence-electron chi connectivity index (χ2n) is 4.42. The van der Waals surface area contributed by atoms with Crippen molar-refractivity contribution in [2.24, 2.45) is 0 Å². The second-order valence-corrected chi connectivity index (χ2v) is 5.31. The van der Waals surface area contributed by atoms with Gasteiger partial charge < -0.3 is 15.8 Å². The number of aromatic nitrogens is 3. The molecule has 3 N–H and O–H groups in total. The van der Waals surface area contributed by atoms with Crippen LogP contribution in [0.15, 0.2) is 11.4 Å². The Labute approximate surface area is 122 Å². The zero-order chi connectivity index (χ0) is 14.5. The summed E-state index contributed by atoms with van der Waals surface area (Å²) in [5.41, 5.74) is 6.82. The molecule has 0 aliphatic carbocycles. The molecular weight excluding hydrogens is 274 g/mol. The summed E-state index contributed by atoms with van der Waals surface area (Å²) in [5.74, 6) is 1.70. The fourth-order valence-electron chi connectivity index (χ4n) is 1.70. The minimum absolute atomic E-state index is 0.0722. The van der Waals surface area contributed by atoms with Crippen LogP contribution in [0.2, 0.25) is 0 Å². The van der Waals surface area contributed by atoms with Gasteiger partial charge in [-0.25, -0.2) is 15.0 Å². The van der Waals surface area contributed by atoms with Gasteiger partial charge in [0.25, 0.3) is 0 Å². The van der Waals surface area contributed by atoms with Gasteiger partial charge >= 0.3 is 0 Å². The number of ether oxygens (including phenoxy) is 1. The number of nitrogens with zero attached hydrogens (tertiary/aromatic N) is 3. The van der Waals surface area contributed by atoms with Crippen LogP contribution in [0.3, 0.4) is 0 Å². The van der Waals surface area contributed by atoms with Crippen molar-refractivity contribution in [3.8, 4) is 0 Å². The minimum atomic E-state index is 0.0722. The average Bonchev–Trinajstić information content (AvgIpc) is 2.82. The molecule has 0 amide bonds. The van der Waals surface area contributed by atoms with Crippen molar-refractivity contribution in [2.45, 2.75) is 33.4 Å². The van der Waals surface area contributed by atoms with Gasteiger partial charge in [-0.3, -0.25) is 0 Å². The summed E-state index contributed by atoms with van der Waals surface area (Å²) >= 11 is 1.63. The number of nitrogens with two attached hydrogens (primary N) is 1. The molecule has 2 rings (SSSR count). The Hall–Kier alpha value is -1.73. The van der Waals surface area contributed by atoms with Crippen LogP contribution >= 0.6 is 11.3 Å². The number of nitrogens with one attached hydrogen (secondary N) is 1. The van der Waals surface area contributed by atoms with E-state index in [-0.39, 0.29) is 6.04 Å². The molecule has 108 valence electrons. The first kappa shape index (κ1) is 14.7. The predicted octanol–water partition coefficient (Wildman–Crippen LogP) is 2.53.